The van der Waals surface area contributed by atoms with Gasteiger partial charge in [-0.25, -0.2) is 22.3 Å². The number of piperazine rings is 1. The predicted octanol–water partition coefficient (Wildman–Crippen LogP) is 1.26. The lowest BCUT2D eigenvalue weighted by Crippen LogP contribution is -2.60. The summed E-state index contributed by atoms with van der Waals surface area (Å²) in [4.78, 5) is 13.0. The lowest BCUT2D eigenvalue weighted by atomic mass is 10.2. The van der Waals surface area contributed by atoms with E-state index < -0.39 is 32.0 Å². The number of carbonyl (C=O) groups is 1. The van der Waals surface area contributed by atoms with Gasteiger partial charge in [0.2, 0.25) is 20.0 Å². The molecule has 11 heteroatoms. The first-order valence-electron chi connectivity index (χ1n) is 9.57. The van der Waals surface area contributed by atoms with E-state index in [1.54, 1.807) is 50.2 Å². The molecule has 1 aliphatic rings. The van der Waals surface area contributed by atoms with Gasteiger partial charge in [-0.1, -0.05) is 36.4 Å². The lowest BCUT2D eigenvalue weighted by Gasteiger charge is -2.38. The lowest BCUT2D eigenvalue weighted by molar-refractivity contribution is -0.125. The molecule has 3 rings (SSSR count). The second-order valence-electron chi connectivity index (χ2n) is 7.16. The fourth-order valence-corrected chi connectivity index (χ4v) is 6.22. The molecule has 0 unspecified atom stereocenters. The Bertz CT molecular complexity index is 1160. The van der Waals surface area contributed by atoms with Crippen LogP contribution in [-0.4, -0.2) is 62.7 Å². The van der Waals surface area contributed by atoms with Crippen LogP contribution in [0.2, 0.25) is 0 Å². The molecule has 2 aromatic rings. The summed E-state index contributed by atoms with van der Waals surface area (Å²) in [7, 11) is -7.92. The van der Waals surface area contributed by atoms with Gasteiger partial charge in [-0.15, -0.1) is 0 Å². The molecule has 31 heavy (non-hydrogen) atoms. The van der Waals surface area contributed by atoms with Gasteiger partial charge in [0.1, 0.15) is 6.04 Å². The molecule has 1 fully saturated rings. The third kappa shape index (κ3) is 5.01. The number of nitrogens with one attached hydrogen (secondary N) is 1. The van der Waals surface area contributed by atoms with Crippen LogP contribution in [0.5, 0.6) is 0 Å². The molecule has 0 aromatic heterocycles. The Morgan fingerprint density at radius 3 is 1.90 bits per heavy atom. The minimum absolute atomic E-state index is 0.0299. The van der Waals surface area contributed by atoms with E-state index in [0.717, 1.165) is 8.61 Å². The van der Waals surface area contributed by atoms with Gasteiger partial charge in [-0.2, -0.15) is 13.7 Å². The zero-order valence-corrected chi connectivity index (χ0v) is 18.8. The molecule has 1 saturated heterocycles. The van der Waals surface area contributed by atoms with Gasteiger partial charge in [0.25, 0.3) is 5.91 Å². The van der Waals surface area contributed by atoms with E-state index in [-0.39, 0.29) is 29.4 Å². The van der Waals surface area contributed by atoms with Gasteiger partial charge in [0, 0.05) is 25.3 Å². The first-order chi connectivity index (χ1) is 14.6. The summed E-state index contributed by atoms with van der Waals surface area (Å²) in [6, 6.07) is 14.3. The number of nitrogens with zero attached hydrogens (tertiary/aromatic N) is 3. The van der Waals surface area contributed by atoms with E-state index in [9.17, 15) is 21.6 Å². The number of benzene rings is 2. The number of hydrogen-bond acceptors (Lipinski definition) is 6. The second-order valence-corrected chi connectivity index (χ2v) is 11.0. The molecule has 1 aliphatic heterocycles. The van der Waals surface area contributed by atoms with Crippen LogP contribution in [-0.2, 0) is 24.8 Å². The van der Waals surface area contributed by atoms with Crippen molar-refractivity contribution in [1.29, 1.82) is 0 Å². The predicted molar refractivity (Wildman–Crippen MR) is 116 cm³/mol. The van der Waals surface area contributed by atoms with Crippen molar-refractivity contribution in [2.75, 3.05) is 19.6 Å². The topological polar surface area (TPSA) is 116 Å². The molecule has 0 bridgehead atoms. The highest BCUT2D eigenvalue weighted by molar-refractivity contribution is 7.89. The Morgan fingerprint density at radius 1 is 0.871 bits per heavy atom. The molecule has 0 radical (unpaired) electrons. The van der Waals surface area contributed by atoms with Crippen LogP contribution in [0.3, 0.4) is 0 Å². The SMILES string of the molecule is CC(C)=NNC(=O)[C@@H]1CN(S(=O)(=O)c2ccccc2)CCN1S(=O)(=O)c1ccccc1. The number of rotatable bonds is 6. The Kier molecular flexibility index (Phi) is 6.90. The summed E-state index contributed by atoms with van der Waals surface area (Å²) >= 11 is 0. The van der Waals surface area contributed by atoms with E-state index in [2.05, 4.69) is 10.5 Å². The minimum atomic E-state index is -4.03. The summed E-state index contributed by atoms with van der Waals surface area (Å²) in [6.45, 7) is 2.77. The highest BCUT2D eigenvalue weighted by Gasteiger charge is 2.43. The zero-order valence-electron chi connectivity index (χ0n) is 17.2. The molecule has 0 aliphatic carbocycles. The van der Waals surface area contributed by atoms with E-state index in [1.165, 1.54) is 24.3 Å². The Hall–Kier alpha value is -2.60. The van der Waals surface area contributed by atoms with Crippen LogP contribution in [0.4, 0.5) is 0 Å². The molecule has 2 aromatic carbocycles. The summed E-state index contributed by atoms with van der Waals surface area (Å²) in [6.07, 6.45) is 0. The molecule has 1 atom stereocenters. The summed E-state index contributed by atoms with van der Waals surface area (Å²) in [5.41, 5.74) is 2.90. The van der Waals surface area contributed by atoms with Crippen LogP contribution in [0, 0.1) is 0 Å². The second kappa shape index (κ2) is 9.27. The largest absolute Gasteiger partial charge is 0.271 e. The third-order valence-corrected chi connectivity index (χ3v) is 8.52. The molecule has 1 amide bonds. The minimum Gasteiger partial charge on any atom is -0.271 e. The van der Waals surface area contributed by atoms with E-state index in [4.69, 9.17) is 0 Å². The molecular formula is C20H24N4O5S2. The molecule has 166 valence electrons. The molecular weight excluding hydrogens is 440 g/mol. The van der Waals surface area contributed by atoms with Gasteiger partial charge in [-0.05, 0) is 38.1 Å². The summed E-state index contributed by atoms with van der Waals surface area (Å²) in [5, 5.41) is 3.86. The van der Waals surface area contributed by atoms with Gasteiger partial charge in [-0.3, -0.25) is 4.79 Å². The van der Waals surface area contributed by atoms with Crippen molar-refractivity contribution in [3.05, 3.63) is 60.7 Å². The number of carbonyl (C=O) groups excluding carboxylic acids is 1. The fourth-order valence-electron chi connectivity index (χ4n) is 3.17. The Morgan fingerprint density at radius 2 is 1.39 bits per heavy atom. The molecule has 1 heterocycles. The maximum atomic E-state index is 13.2. The van der Waals surface area contributed by atoms with Gasteiger partial charge >= 0.3 is 0 Å². The van der Waals surface area contributed by atoms with Crippen molar-refractivity contribution in [3.8, 4) is 0 Å². The monoisotopic (exact) mass is 464 g/mol. The van der Waals surface area contributed by atoms with Crippen LogP contribution in [0.1, 0.15) is 13.8 Å². The van der Waals surface area contributed by atoms with Crippen molar-refractivity contribution in [2.24, 2.45) is 5.10 Å². The maximum Gasteiger partial charge on any atom is 0.259 e. The number of sulfonamides is 2. The van der Waals surface area contributed by atoms with Crippen molar-refractivity contribution in [1.82, 2.24) is 14.0 Å². The maximum absolute atomic E-state index is 13.2. The summed E-state index contributed by atoms with van der Waals surface area (Å²) < 4.78 is 54.7. The van der Waals surface area contributed by atoms with Crippen LogP contribution in [0.15, 0.2) is 75.6 Å². The zero-order chi connectivity index (χ0) is 22.6. The van der Waals surface area contributed by atoms with Crippen molar-refractivity contribution in [2.45, 2.75) is 29.7 Å². The van der Waals surface area contributed by atoms with E-state index >= 15 is 0 Å². The van der Waals surface area contributed by atoms with Gasteiger partial charge in [0.05, 0.1) is 9.79 Å². The van der Waals surface area contributed by atoms with Gasteiger partial charge < -0.3 is 0 Å². The number of amides is 1. The number of hydrogen-bond donors (Lipinski definition) is 1. The average Bonchev–Trinajstić information content (AvgIpc) is 2.78. The quantitative estimate of drug-likeness (QED) is 0.510. The first-order valence-corrected chi connectivity index (χ1v) is 12.4. The Labute approximate surface area is 182 Å². The highest BCUT2D eigenvalue weighted by Crippen LogP contribution is 2.25. The van der Waals surface area contributed by atoms with E-state index in [0.29, 0.717) is 5.71 Å². The molecule has 9 nitrogen and oxygen atoms in total. The molecule has 0 spiro atoms. The molecule has 1 N–H and O–H groups in total. The molecule has 0 saturated carbocycles. The smallest absolute Gasteiger partial charge is 0.259 e. The average molecular weight is 465 g/mol. The number of hydrazone groups is 1. The summed E-state index contributed by atoms with van der Waals surface area (Å²) in [5.74, 6) is -0.700. The normalized spacial score (nSPS) is 18.3. The van der Waals surface area contributed by atoms with E-state index in [1.807, 2.05) is 0 Å². The van der Waals surface area contributed by atoms with Crippen LogP contribution >= 0.6 is 0 Å². The van der Waals surface area contributed by atoms with Crippen LogP contribution in [0.25, 0.3) is 0 Å². The van der Waals surface area contributed by atoms with Gasteiger partial charge in [0.15, 0.2) is 0 Å². The van der Waals surface area contributed by atoms with Crippen molar-refractivity contribution >= 4 is 31.7 Å². The first kappa shape index (κ1) is 23.1. The van der Waals surface area contributed by atoms with Crippen molar-refractivity contribution < 1.29 is 21.6 Å². The Balaban J connectivity index is 1.96. The standard InChI is InChI=1S/C20H24N4O5S2/c1-16(2)21-22-20(25)19-15-23(30(26,27)17-9-5-3-6-10-17)13-14-24(19)31(28,29)18-11-7-4-8-12-18/h3-12,19H,13-15H2,1-2H3,(H,22,25)/t19-/m0/s1. The fraction of sp³-hybridized carbons (Fsp3) is 0.300. The third-order valence-electron chi connectivity index (χ3n) is 4.72. The van der Waals surface area contributed by atoms with Crippen LogP contribution < -0.4 is 5.43 Å². The highest BCUT2D eigenvalue weighted by atomic mass is 32.2. The van der Waals surface area contributed by atoms with Crippen molar-refractivity contribution in [3.63, 3.8) is 0 Å².